The van der Waals surface area contributed by atoms with Crippen LogP contribution in [0.4, 0.5) is 34.1 Å². The van der Waals surface area contributed by atoms with Crippen LogP contribution in [0.15, 0.2) is 120 Å². The number of ether oxygens (including phenoxy) is 1. The number of hydrogen-bond donors (Lipinski definition) is 6. The van der Waals surface area contributed by atoms with Gasteiger partial charge in [-0.15, -0.1) is 0 Å². The van der Waals surface area contributed by atoms with Crippen LogP contribution in [-0.4, -0.2) is 49.5 Å². The van der Waals surface area contributed by atoms with E-state index in [9.17, 15) is 0 Å². The van der Waals surface area contributed by atoms with Crippen LogP contribution in [0, 0.1) is 91.5 Å². The van der Waals surface area contributed by atoms with Crippen LogP contribution in [0.2, 0.25) is 0 Å². The van der Waals surface area contributed by atoms with Crippen molar-refractivity contribution < 1.29 is 43.0 Å². The normalized spacial score (nSPS) is 11.2. The number of benzene rings is 6. The topological polar surface area (TPSA) is 81.4 Å². The summed E-state index contributed by atoms with van der Waals surface area (Å²) >= 11 is 3.68. The Morgan fingerprint density at radius 2 is 0.383 bits per heavy atom. The number of anilines is 6. The van der Waals surface area contributed by atoms with Gasteiger partial charge in [-0.25, -0.2) is 0 Å². The molecule has 442 valence electrons. The first-order valence-corrected chi connectivity index (χ1v) is 31.0. The van der Waals surface area contributed by atoms with Crippen molar-refractivity contribution in [1.82, 2.24) is 0 Å². The molecule has 0 saturated heterocycles. The predicted octanol–water partition coefficient (Wildman–Crippen LogP) is 19.1. The molecule has 6 N–H and O–H groups in total. The fourth-order valence-corrected chi connectivity index (χ4v) is 9.85. The van der Waals surface area contributed by atoms with Gasteiger partial charge < -0.3 is 31.9 Å². The molecule has 7 rings (SSSR count). The number of hydrogen-bond acceptors (Lipinski definition) is 7. The molecule has 81 heavy (non-hydrogen) atoms. The van der Waals surface area contributed by atoms with E-state index in [-0.39, 0.29) is 0 Å². The third-order valence-electron chi connectivity index (χ3n) is 11.2. The van der Waals surface area contributed by atoms with Crippen molar-refractivity contribution in [2.24, 2.45) is 0 Å². The predicted molar refractivity (Wildman–Crippen MR) is 354 cm³/mol. The average Bonchev–Trinajstić information content (AvgIpc) is 3.75. The summed E-state index contributed by atoms with van der Waals surface area (Å²) in [6.07, 6.45) is 0. The van der Waals surface area contributed by atoms with Crippen molar-refractivity contribution in [3.63, 3.8) is 0 Å². The Balaban J connectivity index is 0.000000473. The van der Waals surface area contributed by atoms with Crippen LogP contribution in [0.25, 0.3) is 0 Å². The van der Waals surface area contributed by atoms with Crippen molar-refractivity contribution in [2.75, 3.05) is 45.1 Å². The summed E-state index contributed by atoms with van der Waals surface area (Å²) in [4.78, 5) is 0. The van der Waals surface area contributed by atoms with E-state index < -0.39 is 0 Å². The van der Waals surface area contributed by atoms with E-state index in [1.165, 1.54) is 112 Å². The molecule has 0 saturated carbocycles. The monoisotopic (exact) mass is 1270 g/mol. The third kappa shape index (κ3) is 36.1. The van der Waals surface area contributed by atoms with Gasteiger partial charge in [-0.1, -0.05) is 36.4 Å². The standard InChI is InChI=1S/6C11H17N.C6H4O.2Mo/c6*1-8(2)12-11-6-9(3)5-10(4)7-11;1-5-3-7-4-6(5)2;;/h6*5-8,12H,1-4H3;3-4H2;;. The zero-order valence-electron chi connectivity index (χ0n) is 54.5. The quantitative estimate of drug-likeness (QED) is 0.0682. The molecule has 1 heterocycles. The number of nitrogens with one attached hydrogen (secondary N) is 6. The van der Waals surface area contributed by atoms with E-state index in [0.29, 0.717) is 36.3 Å². The number of aryl methyl sites for hydroxylation is 12. The van der Waals surface area contributed by atoms with Gasteiger partial charge in [0.05, 0.1) is 0 Å². The molecule has 0 unspecified atom stereocenters. The van der Waals surface area contributed by atoms with Crippen LogP contribution in [0.3, 0.4) is 0 Å². The minimum absolute atomic E-state index is 0.506. The summed E-state index contributed by atoms with van der Waals surface area (Å²) in [5, 5.41) is 20.3. The molecule has 9 heteroatoms. The van der Waals surface area contributed by atoms with Crippen molar-refractivity contribution >= 4 is 34.1 Å². The average molecular weight is 1260 g/mol. The van der Waals surface area contributed by atoms with Gasteiger partial charge in [-0.05, 0) is 306 Å². The summed E-state index contributed by atoms with van der Waals surface area (Å²) in [5.41, 5.74) is 25.5. The Bertz CT molecular complexity index is 2340. The van der Waals surface area contributed by atoms with Gasteiger partial charge in [0.25, 0.3) is 0 Å². The zero-order valence-corrected chi connectivity index (χ0v) is 58.5. The molecule has 0 radical (unpaired) electrons. The zero-order chi connectivity index (χ0) is 61.5. The fourth-order valence-electron chi connectivity index (χ4n) is 8.96. The summed E-state index contributed by atoms with van der Waals surface area (Å²) < 4.78 is 11.3. The molecule has 1 aliphatic heterocycles. The Morgan fingerprint density at radius 3 is 0.481 bits per heavy atom. The number of rotatable bonds is 12. The van der Waals surface area contributed by atoms with Gasteiger partial charge >= 0.3 is 75.8 Å². The van der Waals surface area contributed by atoms with Crippen molar-refractivity contribution in [1.29, 1.82) is 0 Å². The first-order valence-electron chi connectivity index (χ1n) is 29.0. The third-order valence-corrected chi connectivity index (χ3v) is 12.4. The molecule has 0 atom stereocenters. The first kappa shape index (κ1) is 73.8. The van der Waals surface area contributed by atoms with E-state index in [1.807, 2.05) is 38.3 Å². The van der Waals surface area contributed by atoms with E-state index in [0.717, 1.165) is 13.2 Å². The van der Waals surface area contributed by atoms with Gasteiger partial charge in [-0.2, -0.15) is 0 Å². The van der Waals surface area contributed by atoms with Gasteiger partial charge in [0, 0.05) is 70.4 Å². The van der Waals surface area contributed by atoms with Gasteiger partial charge in [-0.3, -0.25) is 0 Å². The second-order valence-electron chi connectivity index (χ2n) is 23.7. The molecule has 0 bridgehead atoms. The van der Waals surface area contributed by atoms with E-state index in [1.54, 1.807) is 0 Å². The maximum atomic E-state index is 5.16. The van der Waals surface area contributed by atoms with Crippen LogP contribution in [-0.2, 0) is 43.0 Å². The summed E-state index contributed by atoms with van der Waals surface area (Å²) in [7, 11) is 0. The van der Waals surface area contributed by atoms with Crippen LogP contribution in [0.1, 0.15) is 150 Å². The van der Waals surface area contributed by atoms with E-state index >= 15 is 0 Å². The first-order chi connectivity index (χ1) is 37.8. The fraction of sp³-hybridized carbons (Fsp3) is 0.444. The van der Waals surface area contributed by atoms with Crippen LogP contribution in [0.5, 0.6) is 0 Å². The van der Waals surface area contributed by atoms with Crippen LogP contribution < -0.4 is 31.9 Å². The van der Waals surface area contributed by atoms with Crippen molar-refractivity contribution in [3.05, 3.63) is 187 Å². The summed E-state index contributed by atoms with van der Waals surface area (Å²) in [6.45, 7) is 52.7. The van der Waals surface area contributed by atoms with E-state index in [4.69, 9.17) is 4.74 Å². The molecule has 7 nitrogen and oxygen atoms in total. The molecular formula is C72H106Mo2N6O. The second kappa shape index (κ2) is 39.3. The molecular weight excluding hydrogens is 1160 g/mol. The SMILES string of the molecule is Cc1cc(C)cc(NC(C)C)c1.Cc1cc(C)cc(NC(C)C)c1.Cc1cc(C)cc(NC(C)C)c1.Cc1cc(C)cc(NC(C)C)c1.Cc1cc(C)cc(NC(C)C)c1.Cc1cc(C)cc(NC(C)C)c1.[Mo]#[C]C1=C([C]#[Mo])COC1. The molecule has 0 spiro atoms. The van der Waals surface area contributed by atoms with Gasteiger partial charge in [0.2, 0.25) is 0 Å². The van der Waals surface area contributed by atoms with Crippen molar-refractivity contribution in [2.45, 2.75) is 202 Å². The molecule has 6 aromatic rings. The minimum atomic E-state index is 0.506. The molecule has 6 aromatic carbocycles. The summed E-state index contributed by atoms with van der Waals surface area (Å²) in [6, 6.07) is 42.2. The Hall–Kier alpha value is -5.24. The molecule has 0 fully saturated rings. The molecule has 0 amide bonds. The van der Waals surface area contributed by atoms with Crippen molar-refractivity contribution in [3.8, 4) is 8.40 Å². The summed E-state index contributed by atoms with van der Waals surface area (Å²) in [5.74, 6) is 0. The Kier molecular flexibility index (Phi) is 35.8. The second-order valence-corrected chi connectivity index (χ2v) is 24.7. The van der Waals surface area contributed by atoms with E-state index in [2.05, 4.69) is 316 Å². The van der Waals surface area contributed by atoms with Gasteiger partial charge in [0.1, 0.15) is 0 Å². The maximum absolute atomic E-state index is 5.16. The molecule has 0 aromatic heterocycles. The van der Waals surface area contributed by atoms with Crippen LogP contribution >= 0.6 is 0 Å². The van der Waals surface area contributed by atoms with Gasteiger partial charge in [0.15, 0.2) is 0 Å². The Labute approximate surface area is 516 Å². The molecule has 0 aliphatic carbocycles. The molecule has 1 aliphatic rings. The Morgan fingerprint density at radius 1 is 0.259 bits per heavy atom.